The van der Waals surface area contributed by atoms with Gasteiger partial charge in [-0.25, -0.2) is 15.0 Å². The molecule has 0 atom stereocenters. The topological polar surface area (TPSA) is 64.7 Å². The highest BCUT2D eigenvalue weighted by Gasteiger charge is 2.20. The summed E-state index contributed by atoms with van der Waals surface area (Å²) in [6.45, 7) is 0. The summed E-state index contributed by atoms with van der Waals surface area (Å²) in [7, 11) is 0. The molecule has 5 nitrogen and oxygen atoms in total. The van der Waals surface area contributed by atoms with Crippen LogP contribution in [0.2, 0.25) is 0 Å². The lowest BCUT2D eigenvalue weighted by atomic mass is 9.96. The second-order valence-corrected chi connectivity index (χ2v) is 11.1. The summed E-state index contributed by atoms with van der Waals surface area (Å²) in [4.78, 5) is 19.7. The molecule has 0 N–H and O–H groups in total. The van der Waals surface area contributed by atoms with Gasteiger partial charge in [0.2, 0.25) is 0 Å². The first-order chi connectivity index (χ1) is 22.3. The van der Waals surface area contributed by atoms with Crippen LogP contribution in [0.1, 0.15) is 0 Å². The lowest BCUT2D eigenvalue weighted by Crippen LogP contribution is -2.01. The highest BCUT2D eigenvalue weighted by atomic mass is 16.3. The van der Waals surface area contributed by atoms with Gasteiger partial charge in [0.15, 0.2) is 23.1 Å². The summed E-state index contributed by atoms with van der Waals surface area (Å²) in [5.41, 5.74) is 6.29. The van der Waals surface area contributed by atoms with Gasteiger partial charge in [0.25, 0.3) is 0 Å². The van der Waals surface area contributed by atoms with Crippen molar-refractivity contribution in [3.05, 3.63) is 146 Å². The van der Waals surface area contributed by atoms with Crippen molar-refractivity contribution in [2.24, 2.45) is 0 Å². The van der Waals surface area contributed by atoms with E-state index in [9.17, 15) is 0 Å². The zero-order valence-electron chi connectivity index (χ0n) is 24.1. The Morgan fingerprint density at radius 1 is 0.422 bits per heavy atom. The van der Waals surface area contributed by atoms with Crippen molar-refractivity contribution in [3.8, 4) is 45.3 Å². The van der Waals surface area contributed by atoms with Gasteiger partial charge >= 0.3 is 0 Å². The Labute approximate surface area is 258 Å². The molecule has 0 bridgehead atoms. The maximum Gasteiger partial charge on any atom is 0.164 e. The maximum atomic E-state index is 6.46. The molecule has 6 aromatic carbocycles. The monoisotopic (exact) mass is 576 g/mol. The van der Waals surface area contributed by atoms with Crippen molar-refractivity contribution < 1.29 is 4.42 Å². The molecule has 0 saturated carbocycles. The number of hydrogen-bond acceptors (Lipinski definition) is 5. The van der Waals surface area contributed by atoms with E-state index in [1.54, 1.807) is 6.20 Å². The molecular formula is C40H24N4O. The fourth-order valence-corrected chi connectivity index (χ4v) is 6.24. The van der Waals surface area contributed by atoms with E-state index in [1.807, 2.05) is 66.9 Å². The first-order valence-corrected chi connectivity index (χ1v) is 14.9. The quantitative estimate of drug-likeness (QED) is 0.209. The van der Waals surface area contributed by atoms with E-state index in [-0.39, 0.29) is 0 Å². The van der Waals surface area contributed by atoms with Crippen molar-refractivity contribution in [1.29, 1.82) is 0 Å². The highest BCUT2D eigenvalue weighted by Crippen LogP contribution is 2.41. The number of pyridine rings is 1. The average molecular weight is 577 g/mol. The molecule has 210 valence electrons. The van der Waals surface area contributed by atoms with Gasteiger partial charge in [-0.05, 0) is 33.9 Å². The van der Waals surface area contributed by atoms with Gasteiger partial charge in [-0.1, -0.05) is 121 Å². The van der Waals surface area contributed by atoms with Crippen molar-refractivity contribution >= 4 is 43.5 Å². The van der Waals surface area contributed by atoms with E-state index >= 15 is 0 Å². The minimum absolute atomic E-state index is 0.595. The van der Waals surface area contributed by atoms with Gasteiger partial charge in [0.1, 0.15) is 5.58 Å². The number of furan rings is 1. The normalized spacial score (nSPS) is 11.6. The number of fused-ring (bicyclic) bond motifs is 6. The average Bonchev–Trinajstić information content (AvgIpc) is 3.51. The minimum atomic E-state index is 0.595. The molecule has 0 saturated heterocycles. The van der Waals surface area contributed by atoms with Crippen LogP contribution in [0.4, 0.5) is 0 Å². The van der Waals surface area contributed by atoms with Crippen LogP contribution >= 0.6 is 0 Å². The second kappa shape index (κ2) is 10.2. The first-order valence-electron chi connectivity index (χ1n) is 14.9. The summed E-state index contributed by atoms with van der Waals surface area (Å²) in [6.07, 6.45) is 3.71. The van der Waals surface area contributed by atoms with Crippen LogP contribution in [0.3, 0.4) is 0 Å². The highest BCUT2D eigenvalue weighted by molar-refractivity contribution is 6.19. The summed E-state index contributed by atoms with van der Waals surface area (Å²) < 4.78 is 6.46. The molecule has 0 amide bonds. The van der Waals surface area contributed by atoms with Crippen LogP contribution in [0.25, 0.3) is 88.8 Å². The minimum Gasteiger partial charge on any atom is -0.454 e. The Kier molecular flexibility index (Phi) is 5.74. The fraction of sp³-hybridized carbons (Fsp3) is 0. The molecule has 0 unspecified atom stereocenters. The number of benzene rings is 6. The van der Waals surface area contributed by atoms with Crippen LogP contribution in [-0.4, -0.2) is 19.9 Å². The van der Waals surface area contributed by atoms with Gasteiger partial charge in [0, 0.05) is 44.6 Å². The summed E-state index contributed by atoms with van der Waals surface area (Å²) in [5, 5.41) is 6.59. The van der Waals surface area contributed by atoms with Crippen LogP contribution in [0, 0.1) is 0 Å². The van der Waals surface area contributed by atoms with Crippen LogP contribution in [0.5, 0.6) is 0 Å². The lowest BCUT2D eigenvalue weighted by Gasteiger charge is -2.13. The van der Waals surface area contributed by atoms with Gasteiger partial charge in [-0.3, -0.25) is 4.98 Å². The number of hydrogen-bond donors (Lipinski definition) is 0. The van der Waals surface area contributed by atoms with Crippen molar-refractivity contribution in [1.82, 2.24) is 19.9 Å². The zero-order valence-corrected chi connectivity index (χ0v) is 24.1. The first kappa shape index (κ1) is 25.3. The maximum absolute atomic E-state index is 6.46. The molecule has 0 radical (unpaired) electrons. The molecule has 0 aliphatic carbocycles. The van der Waals surface area contributed by atoms with Gasteiger partial charge in [-0.2, -0.15) is 0 Å². The van der Waals surface area contributed by atoms with Crippen LogP contribution < -0.4 is 0 Å². The molecule has 45 heavy (non-hydrogen) atoms. The molecule has 0 aliphatic heterocycles. The van der Waals surface area contributed by atoms with E-state index in [0.717, 1.165) is 65.9 Å². The molecule has 3 aromatic heterocycles. The largest absolute Gasteiger partial charge is 0.454 e. The Balaban J connectivity index is 1.29. The molecule has 0 fully saturated rings. The Hall–Kier alpha value is -6.20. The van der Waals surface area contributed by atoms with Crippen molar-refractivity contribution in [3.63, 3.8) is 0 Å². The van der Waals surface area contributed by atoms with Gasteiger partial charge in [0.05, 0.1) is 6.20 Å². The standard InChI is InChI=1S/C40H24N4O/c1-2-12-27(13-3-1)38-42-39(29-19-18-25-10-4-5-14-28(25)22-29)44-40(43-38)32-17-9-8-16-31(32)34-23-41-24-35-36(34)33-21-20-26-11-6-7-15-30(26)37(33)45-35/h1-24H. The molecule has 9 aromatic rings. The Morgan fingerprint density at radius 3 is 1.96 bits per heavy atom. The number of rotatable bonds is 4. The molecule has 9 rings (SSSR count). The summed E-state index contributed by atoms with van der Waals surface area (Å²) in [6, 6.07) is 45.5. The predicted octanol–water partition coefficient (Wildman–Crippen LogP) is 10.1. The third-order valence-corrected chi connectivity index (χ3v) is 8.41. The Morgan fingerprint density at radius 2 is 1.09 bits per heavy atom. The third-order valence-electron chi connectivity index (χ3n) is 8.41. The van der Waals surface area contributed by atoms with E-state index in [4.69, 9.17) is 19.4 Å². The van der Waals surface area contributed by atoms with E-state index in [1.165, 1.54) is 5.39 Å². The summed E-state index contributed by atoms with van der Waals surface area (Å²) in [5.74, 6) is 1.84. The predicted molar refractivity (Wildman–Crippen MR) is 182 cm³/mol. The molecule has 5 heteroatoms. The van der Waals surface area contributed by atoms with Crippen molar-refractivity contribution in [2.75, 3.05) is 0 Å². The van der Waals surface area contributed by atoms with Gasteiger partial charge < -0.3 is 4.42 Å². The molecule has 0 spiro atoms. The van der Waals surface area contributed by atoms with E-state index in [0.29, 0.717) is 17.5 Å². The third kappa shape index (κ3) is 4.25. The zero-order chi connectivity index (χ0) is 29.7. The number of aromatic nitrogens is 4. The summed E-state index contributed by atoms with van der Waals surface area (Å²) >= 11 is 0. The van der Waals surface area contributed by atoms with Crippen LogP contribution in [-0.2, 0) is 0 Å². The fourth-order valence-electron chi connectivity index (χ4n) is 6.24. The van der Waals surface area contributed by atoms with Crippen LogP contribution in [0.15, 0.2) is 150 Å². The van der Waals surface area contributed by atoms with E-state index in [2.05, 4.69) is 77.8 Å². The van der Waals surface area contributed by atoms with Gasteiger partial charge in [-0.15, -0.1) is 0 Å². The number of nitrogens with zero attached hydrogens (tertiary/aromatic N) is 4. The smallest absolute Gasteiger partial charge is 0.164 e. The van der Waals surface area contributed by atoms with Crippen molar-refractivity contribution in [2.45, 2.75) is 0 Å². The molecule has 0 aliphatic rings. The molecule has 3 heterocycles. The molecular weight excluding hydrogens is 552 g/mol. The lowest BCUT2D eigenvalue weighted by molar-refractivity contribution is 0.670. The second-order valence-electron chi connectivity index (χ2n) is 11.1. The van der Waals surface area contributed by atoms with E-state index < -0.39 is 0 Å². The SMILES string of the molecule is c1ccc(-c2nc(-c3ccc4ccccc4c3)nc(-c3ccccc3-c3cncc4oc5c6ccccc6ccc5c34)n2)cc1. The Bertz CT molecular complexity index is 2550.